The van der Waals surface area contributed by atoms with E-state index in [2.05, 4.69) is 9.80 Å². The average molecular weight is 420 g/mol. The predicted octanol–water partition coefficient (Wildman–Crippen LogP) is 3.54. The van der Waals surface area contributed by atoms with Crippen molar-refractivity contribution < 1.29 is 14.1 Å². The first-order valence-corrected chi connectivity index (χ1v) is 10.2. The molecule has 0 unspecified atom stereocenters. The number of hydrogen-bond donors (Lipinski definition) is 0. The van der Waals surface area contributed by atoms with Crippen LogP contribution in [0.2, 0.25) is 0 Å². The van der Waals surface area contributed by atoms with Gasteiger partial charge in [-0.1, -0.05) is 18.2 Å². The second kappa shape index (κ2) is 9.44. The number of nitro groups is 1. The Morgan fingerprint density at radius 3 is 2.29 bits per heavy atom. The lowest BCUT2D eigenvalue weighted by Crippen LogP contribution is -2.50. The van der Waals surface area contributed by atoms with Crippen molar-refractivity contribution in [3.63, 3.8) is 0 Å². The number of carbonyl (C=O) groups is 1. The molecule has 8 heteroatoms. The summed E-state index contributed by atoms with van der Waals surface area (Å²) in [6.45, 7) is 3.71. The topological polar surface area (TPSA) is 83.1 Å². The smallest absolute Gasteiger partial charge is 0.269 e. The van der Waals surface area contributed by atoms with E-state index in [1.807, 2.05) is 42.5 Å². The minimum absolute atomic E-state index is 0.0198. The van der Waals surface area contributed by atoms with Crippen LogP contribution in [0.4, 0.5) is 17.1 Å². The Labute approximate surface area is 180 Å². The van der Waals surface area contributed by atoms with Gasteiger partial charge in [-0.25, -0.2) is 0 Å². The number of piperazine rings is 1. The molecule has 1 aliphatic rings. The zero-order valence-electron chi connectivity index (χ0n) is 17.1. The molecular formula is C23H24N4O4. The Bertz CT molecular complexity index is 998. The van der Waals surface area contributed by atoms with Gasteiger partial charge in [0.1, 0.15) is 5.76 Å². The van der Waals surface area contributed by atoms with E-state index in [4.69, 9.17) is 4.42 Å². The lowest BCUT2D eigenvalue weighted by Gasteiger charge is -2.36. The van der Waals surface area contributed by atoms with Crippen molar-refractivity contribution in [2.45, 2.75) is 6.54 Å². The Hall–Kier alpha value is -3.65. The quantitative estimate of drug-likeness (QED) is 0.429. The number of benzene rings is 2. The first-order chi connectivity index (χ1) is 15.1. The van der Waals surface area contributed by atoms with Crippen LogP contribution in [0.25, 0.3) is 0 Å². The molecule has 2 heterocycles. The fraction of sp³-hybridized carbons (Fsp3) is 0.261. The van der Waals surface area contributed by atoms with Gasteiger partial charge in [0.25, 0.3) is 5.69 Å². The highest BCUT2D eigenvalue weighted by Gasteiger charge is 2.24. The van der Waals surface area contributed by atoms with Crippen molar-refractivity contribution in [2.75, 3.05) is 42.5 Å². The van der Waals surface area contributed by atoms with Crippen molar-refractivity contribution in [1.29, 1.82) is 0 Å². The molecule has 0 atom stereocenters. The third-order valence-electron chi connectivity index (χ3n) is 5.42. The van der Waals surface area contributed by atoms with Crippen LogP contribution in [-0.4, -0.2) is 48.5 Å². The minimum Gasteiger partial charge on any atom is -0.467 e. The molecule has 1 aromatic heterocycles. The van der Waals surface area contributed by atoms with Crippen molar-refractivity contribution >= 4 is 23.0 Å². The molecule has 3 aromatic rings. The van der Waals surface area contributed by atoms with Crippen molar-refractivity contribution in [1.82, 2.24) is 4.90 Å². The molecule has 0 bridgehead atoms. The summed E-state index contributed by atoms with van der Waals surface area (Å²) in [6.07, 6.45) is 1.61. The summed E-state index contributed by atoms with van der Waals surface area (Å²) in [4.78, 5) is 29.7. The van der Waals surface area contributed by atoms with Crippen LogP contribution in [-0.2, 0) is 11.3 Å². The predicted molar refractivity (Wildman–Crippen MR) is 118 cm³/mol. The third-order valence-corrected chi connectivity index (χ3v) is 5.42. The van der Waals surface area contributed by atoms with Crippen molar-refractivity contribution in [3.8, 4) is 0 Å². The largest absolute Gasteiger partial charge is 0.467 e. The van der Waals surface area contributed by atoms with E-state index < -0.39 is 4.92 Å². The summed E-state index contributed by atoms with van der Waals surface area (Å²) < 4.78 is 5.46. The van der Waals surface area contributed by atoms with Gasteiger partial charge in [0.15, 0.2) is 0 Å². The number of carbonyl (C=O) groups excluding carboxylic acids is 1. The highest BCUT2D eigenvalue weighted by Crippen LogP contribution is 2.21. The van der Waals surface area contributed by atoms with Gasteiger partial charge in [0.2, 0.25) is 5.91 Å². The van der Waals surface area contributed by atoms with Gasteiger partial charge in [0, 0.05) is 49.7 Å². The van der Waals surface area contributed by atoms with E-state index in [0.29, 0.717) is 13.1 Å². The lowest BCUT2D eigenvalue weighted by molar-refractivity contribution is -0.384. The number of furan rings is 1. The van der Waals surface area contributed by atoms with Gasteiger partial charge in [-0.3, -0.25) is 19.8 Å². The highest BCUT2D eigenvalue weighted by atomic mass is 16.6. The molecule has 0 saturated carbocycles. The Morgan fingerprint density at radius 2 is 1.68 bits per heavy atom. The number of para-hydroxylation sites is 1. The Kier molecular flexibility index (Phi) is 6.28. The molecule has 1 amide bonds. The van der Waals surface area contributed by atoms with Gasteiger partial charge in [-0.15, -0.1) is 0 Å². The van der Waals surface area contributed by atoms with Gasteiger partial charge >= 0.3 is 0 Å². The molecule has 31 heavy (non-hydrogen) atoms. The number of non-ortho nitro benzene ring substituents is 1. The Morgan fingerprint density at radius 1 is 0.968 bits per heavy atom. The first-order valence-electron chi connectivity index (χ1n) is 10.2. The maximum absolute atomic E-state index is 13.2. The number of nitro benzene ring substituents is 1. The summed E-state index contributed by atoms with van der Waals surface area (Å²) >= 11 is 0. The van der Waals surface area contributed by atoms with Crippen molar-refractivity contribution in [3.05, 3.63) is 88.9 Å². The zero-order valence-corrected chi connectivity index (χ0v) is 17.1. The fourth-order valence-corrected chi connectivity index (χ4v) is 3.72. The van der Waals surface area contributed by atoms with Gasteiger partial charge in [-0.2, -0.15) is 0 Å². The number of rotatable bonds is 7. The molecule has 0 spiro atoms. The highest BCUT2D eigenvalue weighted by molar-refractivity contribution is 5.94. The molecule has 1 saturated heterocycles. The van der Waals surface area contributed by atoms with Crippen LogP contribution >= 0.6 is 0 Å². The normalized spacial score (nSPS) is 14.4. The van der Waals surface area contributed by atoms with E-state index in [0.717, 1.165) is 43.3 Å². The number of amides is 1. The second-order valence-electron chi connectivity index (χ2n) is 7.43. The summed E-state index contributed by atoms with van der Waals surface area (Å²) in [7, 11) is 0. The molecule has 0 radical (unpaired) electrons. The van der Waals surface area contributed by atoms with Crippen LogP contribution in [0, 0.1) is 10.1 Å². The van der Waals surface area contributed by atoms with Crippen LogP contribution in [0.5, 0.6) is 0 Å². The maximum Gasteiger partial charge on any atom is 0.269 e. The molecule has 8 nitrogen and oxygen atoms in total. The standard InChI is InChI=1S/C23H24N4O4/c28-23(26(17-22-7-4-16-31-22)20-5-2-1-3-6-20)18-24-12-14-25(15-13-24)19-8-10-21(11-9-19)27(29)30/h1-11,16H,12-15,17-18H2. The molecule has 4 rings (SSSR count). The second-order valence-corrected chi connectivity index (χ2v) is 7.43. The van der Waals surface area contributed by atoms with Crippen LogP contribution in [0.15, 0.2) is 77.4 Å². The van der Waals surface area contributed by atoms with Gasteiger partial charge < -0.3 is 14.2 Å². The molecular weight excluding hydrogens is 396 g/mol. The van der Waals surface area contributed by atoms with Crippen LogP contribution in [0.3, 0.4) is 0 Å². The number of hydrogen-bond acceptors (Lipinski definition) is 6. The number of nitrogens with zero attached hydrogens (tertiary/aromatic N) is 4. The monoisotopic (exact) mass is 420 g/mol. The van der Waals surface area contributed by atoms with E-state index in [-0.39, 0.29) is 11.6 Å². The van der Waals surface area contributed by atoms with E-state index in [9.17, 15) is 14.9 Å². The molecule has 1 fully saturated rings. The number of anilines is 2. The zero-order chi connectivity index (χ0) is 21.6. The third kappa shape index (κ3) is 5.10. The van der Waals surface area contributed by atoms with Crippen LogP contribution in [0.1, 0.15) is 5.76 Å². The van der Waals surface area contributed by atoms with E-state index in [1.165, 1.54) is 12.1 Å². The fourth-order valence-electron chi connectivity index (χ4n) is 3.72. The lowest BCUT2D eigenvalue weighted by atomic mass is 10.2. The Balaban J connectivity index is 1.37. The van der Waals surface area contributed by atoms with Gasteiger partial charge in [-0.05, 0) is 36.4 Å². The molecule has 2 aromatic carbocycles. The maximum atomic E-state index is 13.2. The first kappa shape index (κ1) is 20.6. The summed E-state index contributed by atoms with van der Waals surface area (Å²) in [5, 5.41) is 10.8. The van der Waals surface area contributed by atoms with E-state index in [1.54, 1.807) is 23.3 Å². The van der Waals surface area contributed by atoms with E-state index >= 15 is 0 Å². The van der Waals surface area contributed by atoms with Crippen LogP contribution < -0.4 is 9.80 Å². The SMILES string of the molecule is O=C(CN1CCN(c2ccc([N+](=O)[O-])cc2)CC1)N(Cc1ccco1)c1ccccc1. The molecule has 160 valence electrons. The minimum atomic E-state index is -0.394. The van der Waals surface area contributed by atoms with Gasteiger partial charge in [0.05, 0.1) is 24.3 Å². The summed E-state index contributed by atoms with van der Waals surface area (Å²) in [5.41, 5.74) is 1.89. The average Bonchev–Trinajstić information content (AvgIpc) is 3.32. The van der Waals surface area contributed by atoms with Crippen molar-refractivity contribution in [2.24, 2.45) is 0 Å². The molecule has 0 N–H and O–H groups in total. The summed E-state index contributed by atoms with van der Waals surface area (Å²) in [6, 6.07) is 19.9. The summed E-state index contributed by atoms with van der Waals surface area (Å²) in [5.74, 6) is 0.756. The molecule has 0 aliphatic carbocycles. The molecule has 1 aliphatic heterocycles.